The molecule has 0 unspecified atom stereocenters. The molecule has 2 N–H and O–H groups in total. The van der Waals surface area contributed by atoms with Gasteiger partial charge in [0.1, 0.15) is 11.3 Å². The third-order valence-electron chi connectivity index (χ3n) is 3.38. The van der Waals surface area contributed by atoms with Crippen molar-refractivity contribution in [1.82, 2.24) is 5.32 Å². The minimum Gasteiger partial charge on any atom is -0.444 e. The quantitative estimate of drug-likeness (QED) is 0.606. The molecule has 0 radical (unpaired) electrons. The van der Waals surface area contributed by atoms with E-state index in [9.17, 15) is 14.9 Å². The molecule has 1 aliphatic carbocycles. The second kappa shape index (κ2) is 6.74. The fourth-order valence-electron chi connectivity index (χ4n) is 2.33. The summed E-state index contributed by atoms with van der Waals surface area (Å²) in [5, 5.41) is 17.0. The summed E-state index contributed by atoms with van der Waals surface area (Å²) in [6.45, 7) is 5.43. The highest BCUT2D eigenvalue weighted by Crippen LogP contribution is 2.32. The van der Waals surface area contributed by atoms with E-state index in [0.717, 1.165) is 0 Å². The van der Waals surface area contributed by atoms with Gasteiger partial charge in [-0.25, -0.2) is 4.79 Å². The lowest BCUT2D eigenvalue weighted by Crippen LogP contribution is -2.50. The third kappa shape index (κ3) is 5.09. The molecule has 0 saturated heterocycles. The molecule has 1 amide bonds. The zero-order chi connectivity index (χ0) is 17.2. The highest BCUT2D eigenvalue weighted by Gasteiger charge is 2.32. The molecule has 1 aromatic rings. The molecule has 126 valence electrons. The fourth-order valence-corrected chi connectivity index (χ4v) is 2.67. The first kappa shape index (κ1) is 17.5. The second-order valence-electron chi connectivity index (χ2n) is 6.57. The fraction of sp³-hybridized carbons (Fsp3) is 0.533. The van der Waals surface area contributed by atoms with Crippen LogP contribution in [-0.2, 0) is 4.74 Å². The zero-order valence-corrected chi connectivity index (χ0v) is 14.8. The number of nitro groups is 1. The van der Waals surface area contributed by atoms with Gasteiger partial charge in [-0.2, -0.15) is 0 Å². The van der Waals surface area contributed by atoms with Crippen molar-refractivity contribution in [1.29, 1.82) is 0 Å². The Morgan fingerprint density at radius 1 is 1.35 bits per heavy atom. The van der Waals surface area contributed by atoms with E-state index in [1.165, 1.54) is 6.07 Å². The van der Waals surface area contributed by atoms with Crippen molar-refractivity contribution < 1.29 is 14.5 Å². The highest BCUT2D eigenvalue weighted by molar-refractivity contribution is 9.10. The van der Waals surface area contributed by atoms with Crippen LogP contribution in [0.1, 0.15) is 33.6 Å². The molecule has 7 nitrogen and oxygen atoms in total. The first-order valence-electron chi connectivity index (χ1n) is 7.34. The van der Waals surface area contributed by atoms with Gasteiger partial charge in [-0.05, 0) is 45.7 Å². The van der Waals surface area contributed by atoms with Crippen molar-refractivity contribution >= 4 is 33.4 Å². The third-order valence-corrected chi connectivity index (χ3v) is 3.87. The molecule has 23 heavy (non-hydrogen) atoms. The number of carbonyl (C=O) groups is 1. The van der Waals surface area contributed by atoms with Gasteiger partial charge in [0, 0.05) is 22.6 Å². The summed E-state index contributed by atoms with van der Waals surface area (Å²) in [4.78, 5) is 22.3. The van der Waals surface area contributed by atoms with Crippen LogP contribution in [0.4, 0.5) is 16.2 Å². The van der Waals surface area contributed by atoms with Crippen molar-refractivity contribution in [3.63, 3.8) is 0 Å². The lowest BCUT2D eigenvalue weighted by Gasteiger charge is -2.37. The molecule has 1 saturated carbocycles. The van der Waals surface area contributed by atoms with E-state index >= 15 is 0 Å². The second-order valence-corrected chi connectivity index (χ2v) is 7.49. The van der Waals surface area contributed by atoms with Crippen LogP contribution in [0.2, 0.25) is 0 Å². The summed E-state index contributed by atoms with van der Waals surface area (Å²) in [5.41, 5.74) is -0.00869. The molecular weight excluding hydrogens is 366 g/mol. The van der Waals surface area contributed by atoms with Gasteiger partial charge in [-0.3, -0.25) is 10.1 Å². The van der Waals surface area contributed by atoms with E-state index in [2.05, 4.69) is 26.6 Å². The predicted octanol–water partition coefficient (Wildman–Crippen LogP) is 3.82. The molecule has 0 spiro atoms. The number of anilines is 1. The minimum absolute atomic E-state index is 0.0249. The summed E-state index contributed by atoms with van der Waals surface area (Å²) in [5.74, 6) is 0. The van der Waals surface area contributed by atoms with Crippen molar-refractivity contribution in [2.24, 2.45) is 0 Å². The normalized spacial score (nSPS) is 20.3. The maximum atomic E-state index is 11.7. The van der Waals surface area contributed by atoms with E-state index < -0.39 is 16.6 Å². The maximum absolute atomic E-state index is 11.7. The van der Waals surface area contributed by atoms with E-state index in [4.69, 9.17) is 4.74 Å². The molecular formula is C15H20BrN3O4. The van der Waals surface area contributed by atoms with Gasteiger partial charge in [0.05, 0.1) is 4.92 Å². The number of alkyl carbamates (subject to hydrolysis) is 1. The summed E-state index contributed by atoms with van der Waals surface area (Å²) in [6, 6.07) is 5.02. The molecule has 1 aromatic carbocycles. The van der Waals surface area contributed by atoms with Gasteiger partial charge in [-0.15, -0.1) is 0 Å². The van der Waals surface area contributed by atoms with E-state index in [0.29, 0.717) is 23.0 Å². The Hall–Kier alpha value is -1.83. The summed E-state index contributed by atoms with van der Waals surface area (Å²) < 4.78 is 5.86. The maximum Gasteiger partial charge on any atom is 0.407 e. The first-order chi connectivity index (χ1) is 10.6. The predicted molar refractivity (Wildman–Crippen MR) is 90.6 cm³/mol. The molecule has 0 heterocycles. The van der Waals surface area contributed by atoms with E-state index in [1.807, 2.05) is 20.8 Å². The number of hydrogen-bond acceptors (Lipinski definition) is 5. The largest absolute Gasteiger partial charge is 0.444 e. The number of rotatable bonds is 4. The van der Waals surface area contributed by atoms with Gasteiger partial charge in [0.15, 0.2) is 0 Å². The Morgan fingerprint density at radius 2 is 2.00 bits per heavy atom. The van der Waals surface area contributed by atoms with Crippen LogP contribution in [0.25, 0.3) is 0 Å². The van der Waals surface area contributed by atoms with Gasteiger partial charge < -0.3 is 15.4 Å². The topological polar surface area (TPSA) is 93.5 Å². The highest BCUT2D eigenvalue weighted by atomic mass is 79.9. The number of benzene rings is 1. The van der Waals surface area contributed by atoms with Gasteiger partial charge in [0.2, 0.25) is 0 Å². The summed E-state index contributed by atoms with van der Waals surface area (Å²) in [7, 11) is 0. The van der Waals surface area contributed by atoms with Crippen LogP contribution in [0, 0.1) is 10.1 Å². The van der Waals surface area contributed by atoms with Crippen molar-refractivity contribution in [2.75, 3.05) is 5.32 Å². The van der Waals surface area contributed by atoms with Crippen molar-refractivity contribution in [2.45, 2.75) is 51.3 Å². The van der Waals surface area contributed by atoms with Crippen molar-refractivity contribution in [3.8, 4) is 0 Å². The Bertz CT molecular complexity index is 609. The summed E-state index contributed by atoms with van der Waals surface area (Å²) in [6.07, 6.45) is 0.967. The number of hydrogen-bond donors (Lipinski definition) is 2. The van der Waals surface area contributed by atoms with Gasteiger partial charge in [0.25, 0.3) is 5.69 Å². The average Bonchev–Trinajstić information content (AvgIpc) is 2.35. The van der Waals surface area contributed by atoms with Gasteiger partial charge >= 0.3 is 6.09 Å². The number of nitrogens with zero attached hydrogens (tertiary/aromatic N) is 1. The van der Waals surface area contributed by atoms with Crippen LogP contribution >= 0.6 is 15.9 Å². The molecule has 0 aromatic heterocycles. The standard InChI is InChI=1S/C15H20BrN3O4/c1-15(2,3)23-14(20)18-11-7-10(8-11)17-12-5-4-9(16)6-13(12)19(21)22/h4-6,10-11,17H,7-8H2,1-3H3,(H,18,20). The Balaban J connectivity index is 1.85. The molecule has 0 aliphatic heterocycles. The van der Waals surface area contributed by atoms with Crippen molar-refractivity contribution in [3.05, 3.63) is 32.8 Å². The Kier molecular flexibility index (Phi) is 5.13. The minimum atomic E-state index is -0.524. The number of nitrogens with one attached hydrogen (secondary N) is 2. The molecule has 1 fully saturated rings. The molecule has 1 aliphatic rings. The van der Waals surface area contributed by atoms with E-state index in [1.54, 1.807) is 12.1 Å². The molecule has 8 heteroatoms. The Morgan fingerprint density at radius 3 is 2.57 bits per heavy atom. The number of carbonyl (C=O) groups excluding carboxylic acids is 1. The number of ether oxygens (including phenoxy) is 1. The molecule has 0 atom stereocenters. The number of halogens is 1. The lowest BCUT2D eigenvalue weighted by atomic mass is 9.86. The van der Waals surface area contributed by atoms with Crippen LogP contribution in [0.3, 0.4) is 0 Å². The zero-order valence-electron chi connectivity index (χ0n) is 13.3. The van der Waals surface area contributed by atoms with Crippen LogP contribution in [-0.4, -0.2) is 28.7 Å². The average molecular weight is 386 g/mol. The summed E-state index contributed by atoms with van der Waals surface area (Å²) >= 11 is 3.23. The van der Waals surface area contributed by atoms with E-state index in [-0.39, 0.29) is 17.8 Å². The SMILES string of the molecule is CC(C)(C)OC(=O)NC1CC(Nc2ccc(Br)cc2[N+](=O)[O-])C1. The first-order valence-corrected chi connectivity index (χ1v) is 8.13. The van der Waals surface area contributed by atoms with Gasteiger partial charge in [-0.1, -0.05) is 15.9 Å². The smallest absolute Gasteiger partial charge is 0.407 e. The lowest BCUT2D eigenvalue weighted by molar-refractivity contribution is -0.384. The van der Waals surface area contributed by atoms with Crippen LogP contribution in [0.5, 0.6) is 0 Å². The monoisotopic (exact) mass is 385 g/mol. The molecule has 0 bridgehead atoms. The van der Waals surface area contributed by atoms with Crippen LogP contribution < -0.4 is 10.6 Å². The number of nitro benzene ring substituents is 1. The number of amides is 1. The Labute approximate surface area is 143 Å². The molecule has 2 rings (SSSR count). The van der Waals surface area contributed by atoms with Crippen LogP contribution in [0.15, 0.2) is 22.7 Å².